The van der Waals surface area contributed by atoms with Gasteiger partial charge in [0.15, 0.2) is 0 Å². The Bertz CT molecular complexity index is 358. The summed E-state index contributed by atoms with van der Waals surface area (Å²) in [6.07, 6.45) is 9.34. The maximum absolute atomic E-state index is 8.91. The van der Waals surface area contributed by atoms with Crippen LogP contribution >= 0.6 is 0 Å². The summed E-state index contributed by atoms with van der Waals surface area (Å²) in [5, 5.41) is 8.91. The van der Waals surface area contributed by atoms with Crippen LogP contribution in [0, 0.1) is 5.92 Å². The number of hydrogen-bond donors (Lipinski definition) is 1. The molecule has 0 saturated heterocycles. The summed E-state index contributed by atoms with van der Waals surface area (Å²) in [6.45, 7) is 4.08. The van der Waals surface area contributed by atoms with E-state index in [0.717, 1.165) is 18.3 Å². The molecule has 0 aromatic heterocycles. The van der Waals surface area contributed by atoms with Crippen LogP contribution in [-0.2, 0) is 6.42 Å². The normalized spacial score (nSPS) is 23.8. The summed E-state index contributed by atoms with van der Waals surface area (Å²) in [4.78, 5) is 0. The second kappa shape index (κ2) is 6.75. The summed E-state index contributed by atoms with van der Waals surface area (Å²) in [6, 6.07) is 8.84. The lowest BCUT2D eigenvalue weighted by atomic mass is 9.77. The first-order valence-corrected chi connectivity index (χ1v) is 7.14. The summed E-state index contributed by atoms with van der Waals surface area (Å²) in [5.74, 6) is 1.61. The van der Waals surface area contributed by atoms with Gasteiger partial charge in [-0.05, 0) is 61.5 Å². The van der Waals surface area contributed by atoms with Crippen molar-refractivity contribution in [2.24, 2.45) is 5.92 Å². The third-order valence-corrected chi connectivity index (χ3v) is 4.20. The molecule has 0 bridgehead atoms. The first-order valence-electron chi connectivity index (χ1n) is 7.14. The van der Waals surface area contributed by atoms with Gasteiger partial charge in [-0.1, -0.05) is 30.3 Å². The molecule has 0 aliphatic heterocycles. The number of hydrogen-bond acceptors (Lipinski definition) is 1. The minimum absolute atomic E-state index is 0.242. The van der Waals surface area contributed by atoms with E-state index in [0.29, 0.717) is 0 Å². The number of aliphatic hydroxyl groups excluding tert-OH is 1. The van der Waals surface area contributed by atoms with Gasteiger partial charge in [-0.2, -0.15) is 0 Å². The first kappa shape index (κ1) is 13.4. The van der Waals surface area contributed by atoms with Gasteiger partial charge >= 0.3 is 0 Å². The predicted molar refractivity (Wildman–Crippen MR) is 76.7 cm³/mol. The molecule has 1 N–H and O–H groups in total. The lowest BCUT2D eigenvalue weighted by molar-refractivity contribution is 0.299. The lowest BCUT2D eigenvalue weighted by Gasteiger charge is -2.28. The average Bonchev–Trinajstić information content (AvgIpc) is 2.41. The van der Waals surface area contributed by atoms with Crippen molar-refractivity contribution in [1.29, 1.82) is 0 Å². The molecule has 18 heavy (non-hydrogen) atoms. The molecular weight excluding hydrogens is 220 g/mol. The molecular formula is C17H24O. The molecule has 1 aliphatic rings. The molecule has 98 valence electrons. The van der Waals surface area contributed by atoms with E-state index in [2.05, 4.69) is 36.9 Å². The van der Waals surface area contributed by atoms with Crippen LogP contribution in [0.5, 0.6) is 0 Å². The molecule has 0 radical (unpaired) electrons. The highest BCUT2D eigenvalue weighted by Gasteiger charge is 2.21. The Morgan fingerprint density at radius 1 is 1.11 bits per heavy atom. The predicted octanol–water partition coefficient (Wildman–Crippen LogP) is 4.07. The van der Waals surface area contributed by atoms with Gasteiger partial charge in [0, 0.05) is 6.61 Å². The third kappa shape index (κ3) is 3.46. The van der Waals surface area contributed by atoms with E-state index < -0.39 is 0 Å². The lowest BCUT2D eigenvalue weighted by Crippen LogP contribution is -2.12. The maximum atomic E-state index is 8.91. The minimum Gasteiger partial charge on any atom is -0.396 e. The fourth-order valence-corrected chi connectivity index (χ4v) is 3.05. The number of benzene rings is 1. The third-order valence-electron chi connectivity index (χ3n) is 4.20. The zero-order valence-corrected chi connectivity index (χ0v) is 11.1. The number of rotatable bonds is 5. The van der Waals surface area contributed by atoms with E-state index in [1.807, 2.05) is 0 Å². The zero-order chi connectivity index (χ0) is 12.8. The molecule has 0 amide bonds. The van der Waals surface area contributed by atoms with Gasteiger partial charge in [-0.25, -0.2) is 0 Å². The van der Waals surface area contributed by atoms with Crippen LogP contribution in [0.3, 0.4) is 0 Å². The van der Waals surface area contributed by atoms with Crippen molar-refractivity contribution in [1.82, 2.24) is 0 Å². The molecule has 1 aromatic rings. The monoisotopic (exact) mass is 244 g/mol. The van der Waals surface area contributed by atoms with E-state index in [-0.39, 0.29) is 6.61 Å². The van der Waals surface area contributed by atoms with Gasteiger partial charge < -0.3 is 5.11 Å². The van der Waals surface area contributed by atoms with Crippen LogP contribution in [0.4, 0.5) is 0 Å². The summed E-state index contributed by atoms with van der Waals surface area (Å²) < 4.78 is 0. The first-order chi connectivity index (χ1) is 8.83. The fourth-order valence-electron chi connectivity index (χ4n) is 3.05. The molecule has 1 aromatic carbocycles. The molecule has 1 heteroatoms. The Balaban J connectivity index is 1.90. The number of allylic oxidation sites excluding steroid dienone is 1. The van der Waals surface area contributed by atoms with Crippen molar-refractivity contribution in [3.05, 3.63) is 48.0 Å². The molecule has 1 aliphatic carbocycles. The zero-order valence-electron chi connectivity index (χ0n) is 11.1. The second-order valence-corrected chi connectivity index (χ2v) is 5.46. The van der Waals surface area contributed by atoms with Crippen LogP contribution in [0.25, 0.3) is 0 Å². The van der Waals surface area contributed by atoms with Crippen molar-refractivity contribution in [2.75, 3.05) is 6.61 Å². The Labute approximate surface area is 111 Å². The van der Waals surface area contributed by atoms with E-state index in [1.165, 1.54) is 43.2 Å². The Morgan fingerprint density at radius 2 is 1.78 bits per heavy atom. The van der Waals surface area contributed by atoms with Crippen LogP contribution in [0.15, 0.2) is 36.9 Å². The van der Waals surface area contributed by atoms with Gasteiger partial charge in [0.25, 0.3) is 0 Å². The summed E-state index contributed by atoms with van der Waals surface area (Å²) in [5.41, 5.74) is 2.72. The quantitative estimate of drug-likeness (QED) is 0.774. The van der Waals surface area contributed by atoms with Crippen molar-refractivity contribution in [3.63, 3.8) is 0 Å². The molecule has 0 atom stereocenters. The molecule has 2 rings (SSSR count). The topological polar surface area (TPSA) is 20.2 Å². The van der Waals surface area contributed by atoms with E-state index >= 15 is 0 Å². The number of aliphatic hydroxyl groups is 1. The van der Waals surface area contributed by atoms with Gasteiger partial charge in [0.2, 0.25) is 0 Å². The Kier molecular flexibility index (Phi) is 5.00. The van der Waals surface area contributed by atoms with Gasteiger partial charge in [0.1, 0.15) is 0 Å². The summed E-state index contributed by atoms with van der Waals surface area (Å²) >= 11 is 0. The van der Waals surface area contributed by atoms with Crippen LogP contribution < -0.4 is 0 Å². The van der Waals surface area contributed by atoms with Gasteiger partial charge in [0.05, 0.1) is 0 Å². The highest BCUT2D eigenvalue weighted by atomic mass is 16.2. The van der Waals surface area contributed by atoms with E-state index in [9.17, 15) is 0 Å². The summed E-state index contributed by atoms with van der Waals surface area (Å²) in [7, 11) is 0. The van der Waals surface area contributed by atoms with Crippen LogP contribution in [-0.4, -0.2) is 11.7 Å². The molecule has 0 heterocycles. The molecule has 1 nitrogen and oxygen atoms in total. The Morgan fingerprint density at radius 3 is 2.33 bits per heavy atom. The standard InChI is InChI=1S/C17H24O/c1-2-3-14-4-8-16(9-5-14)17-10-6-15(7-11-17)12-13-18/h2,6-7,10-11,14,16,18H,1,3-5,8-9,12-13H2/t14-,16-. The van der Waals surface area contributed by atoms with Gasteiger partial charge in [-0.3, -0.25) is 0 Å². The van der Waals surface area contributed by atoms with E-state index in [4.69, 9.17) is 5.11 Å². The highest BCUT2D eigenvalue weighted by molar-refractivity contribution is 5.26. The second-order valence-electron chi connectivity index (χ2n) is 5.46. The average molecular weight is 244 g/mol. The smallest absolute Gasteiger partial charge is 0.0471 e. The van der Waals surface area contributed by atoms with Crippen LogP contribution in [0.2, 0.25) is 0 Å². The maximum Gasteiger partial charge on any atom is 0.0471 e. The van der Waals surface area contributed by atoms with Crippen molar-refractivity contribution >= 4 is 0 Å². The SMILES string of the molecule is C=CC[C@H]1CC[C@H](c2ccc(CCO)cc2)CC1. The molecule has 1 fully saturated rings. The highest BCUT2D eigenvalue weighted by Crippen LogP contribution is 2.37. The van der Waals surface area contributed by atoms with Crippen molar-refractivity contribution < 1.29 is 5.11 Å². The molecule has 0 spiro atoms. The van der Waals surface area contributed by atoms with Crippen molar-refractivity contribution in [3.8, 4) is 0 Å². The largest absolute Gasteiger partial charge is 0.396 e. The van der Waals surface area contributed by atoms with Gasteiger partial charge in [-0.15, -0.1) is 6.58 Å². The molecule has 1 saturated carbocycles. The Hall–Kier alpha value is -1.08. The van der Waals surface area contributed by atoms with Crippen molar-refractivity contribution in [2.45, 2.75) is 44.4 Å². The van der Waals surface area contributed by atoms with Crippen LogP contribution in [0.1, 0.15) is 49.1 Å². The molecule has 0 unspecified atom stereocenters. The fraction of sp³-hybridized carbons (Fsp3) is 0.529. The minimum atomic E-state index is 0.242. The van der Waals surface area contributed by atoms with E-state index in [1.54, 1.807) is 0 Å².